The SMILES string of the molecule is F[B-]1(F)n2cccc2C(c2ccc(I)cc2Br)=C2C=CC=[N+]21. The van der Waals surface area contributed by atoms with Gasteiger partial charge in [-0.25, -0.2) is 0 Å². The Bertz CT molecular complexity index is 899. The van der Waals surface area contributed by atoms with Crippen molar-refractivity contribution in [3.05, 3.63) is 73.7 Å². The monoisotopic (exact) mass is 472 g/mol. The van der Waals surface area contributed by atoms with Crippen LogP contribution in [0.1, 0.15) is 11.3 Å². The number of rotatable bonds is 1. The van der Waals surface area contributed by atoms with E-state index in [0.717, 1.165) is 28.1 Å². The summed E-state index contributed by atoms with van der Waals surface area (Å²) in [7, 11) is 0. The molecule has 0 spiro atoms. The number of nitrogens with zero attached hydrogens (tertiary/aromatic N) is 2. The second-order valence-electron chi connectivity index (χ2n) is 5.19. The molecule has 1 aromatic carbocycles. The Labute approximate surface area is 148 Å². The fourth-order valence-electron chi connectivity index (χ4n) is 2.99. The van der Waals surface area contributed by atoms with Crippen molar-refractivity contribution >= 4 is 57.3 Å². The van der Waals surface area contributed by atoms with E-state index in [1.807, 2.05) is 18.2 Å². The lowest BCUT2D eigenvalue weighted by atomic mass is 9.86. The Morgan fingerprint density at radius 1 is 1.23 bits per heavy atom. The number of fused-ring (bicyclic) bond motifs is 2. The molecule has 110 valence electrons. The molecule has 0 unspecified atom stereocenters. The van der Waals surface area contributed by atoms with E-state index < -0.39 is 6.97 Å². The summed E-state index contributed by atoms with van der Waals surface area (Å²) >= 11 is 5.79. The standard InChI is InChI=1S/C15H9BBrF2IN2/c17-12-9-10(20)5-6-11(12)15-13-3-1-7-21(13)16(18,19)22-8-2-4-14(15)22/h1-9H. The molecule has 2 aliphatic heterocycles. The first kappa shape index (κ1) is 14.4. The fraction of sp³-hybridized carbons (Fsp3) is 0. The summed E-state index contributed by atoms with van der Waals surface area (Å²) < 4.78 is 33.5. The first-order valence-corrected chi connectivity index (χ1v) is 8.56. The molecule has 2 aliphatic rings. The van der Waals surface area contributed by atoms with Gasteiger partial charge in [0, 0.05) is 31.5 Å². The Morgan fingerprint density at radius 2 is 2.05 bits per heavy atom. The van der Waals surface area contributed by atoms with Crippen LogP contribution in [0, 0.1) is 3.57 Å². The molecule has 0 saturated heterocycles. The number of allylic oxidation sites excluding steroid dienone is 2. The Balaban J connectivity index is 2.07. The van der Waals surface area contributed by atoms with Gasteiger partial charge in [0.1, 0.15) is 6.21 Å². The van der Waals surface area contributed by atoms with Gasteiger partial charge in [-0.15, -0.1) is 0 Å². The van der Waals surface area contributed by atoms with Gasteiger partial charge in [-0.05, 0) is 53.1 Å². The minimum Gasteiger partial charge on any atom is -0.396 e. The first-order chi connectivity index (χ1) is 10.5. The quantitative estimate of drug-likeness (QED) is 0.426. The summed E-state index contributed by atoms with van der Waals surface area (Å²) in [6.45, 7) is -3.84. The van der Waals surface area contributed by atoms with E-state index in [-0.39, 0.29) is 0 Å². The predicted molar refractivity (Wildman–Crippen MR) is 96.1 cm³/mol. The van der Waals surface area contributed by atoms with Gasteiger partial charge in [-0.1, -0.05) is 22.0 Å². The molecule has 2 aromatic rings. The van der Waals surface area contributed by atoms with Gasteiger partial charge < -0.3 is 17.6 Å². The highest BCUT2D eigenvalue weighted by atomic mass is 127. The van der Waals surface area contributed by atoms with E-state index in [2.05, 4.69) is 38.5 Å². The third kappa shape index (κ3) is 1.91. The van der Waals surface area contributed by atoms with Crippen LogP contribution in [-0.2, 0) is 0 Å². The molecular formula is C15H9BBrF2IN2. The van der Waals surface area contributed by atoms with E-state index in [0.29, 0.717) is 11.4 Å². The highest BCUT2D eigenvalue weighted by molar-refractivity contribution is 14.1. The van der Waals surface area contributed by atoms with E-state index in [4.69, 9.17) is 0 Å². The number of hydrogen-bond acceptors (Lipinski definition) is 0. The van der Waals surface area contributed by atoms with Gasteiger partial charge in [0.25, 0.3) is 0 Å². The Morgan fingerprint density at radius 3 is 2.82 bits per heavy atom. The molecule has 0 bridgehead atoms. The molecule has 0 radical (unpaired) electrons. The first-order valence-electron chi connectivity index (χ1n) is 6.69. The Hall–Kier alpha value is -1.22. The summed E-state index contributed by atoms with van der Waals surface area (Å²) in [5.74, 6) is 0. The van der Waals surface area contributed by atoms with Gasteiger partial charge in [0.15, 0.2) is 5.70 Å². The number of aromatic nitrogens is 1. The van der Waals surface area contributed by atoms with Crippen LogP contribution in [0.15, 0.2) is 58.9 Å². The van der Waals surface area contributed by atoms with Gasteiger partial charge >= 0.3 is 6.97 Å². The van der Waals surface area contributed by atoms with Crippen molar-refractivity contribution in [3.8, 4) is 0 Å². The molecule has 0 fully saturated rings. The van der Waals surface area contributed by atoms with Crippen molar-refractivity contribution in [1.82, 2.24) is 4.48 Å². The maximum Gasteiger partial charge on any atom is 0.737 e. The van der Waals surface area contributed by atoms with Gasteiger partial charge in [-0.3, -0.25) is 0 Å². The zero-order chi connectivity index (χ0) is 15.5. The zero-order valence-corrected chi connectivity index (χ0v) is 14.9. The number of hydrogen-bond donors (Lipinski definition) is 0. The van der Waals surface area contributed by atoms with E-state index in [1.54, 1.807) is 24.3 Å². The van der Waals surface area contributed by atoms with Crippen molar-refractivity contribution in [3.63, 3.8) is 0 Å². The molecule has 22 heavy (non-hydrogen) atoms. The average Bonchev–Trinajstić information content (AvgIpc) is 3.11. The van der Waals surface area contributed by atoms with Gasteiger partial charge in [0.2, 0.25) is 0 Å². The highest BCUT2D eigenvalue weighted by Gasteiger charge is 2.51. The summed E-state index contributed by atoms with van der Waals surface area (Å²) in [6, 6.07) is 9.34. The van der Waals surface area contributed by atoms with Crippen molar-refractivity contribution in [2.24, 2.45) is 0 Å². The molecule has 2 nitrogen and oxygen atoms in total. The summed E-state index contributed by atoms with van der Waals surface area (Å²) in [5.41, 5.74) is 2.80. The molecule has 0 aliphatic carbocycles. The smallest absolute Gasteiger partial charge is 0.396 e. The van der Waals surface area contributed by atoms with Crippen LogP contribution in [0.2, 0.25) is 0 Å². The second kappa shape index (κ2) is 4.89. The maximum atomic E-state index is 14.7. The lowest BCUT2D eigenvalue weighted by molar-refractivity contribution is -0.356. The van der Waals surface area contributed by atoms with Crippen molar-refractivity contribution < 1.29 is 13.1 Å². The highest BCUT2D eigenvalue weighted by Crippen LogP contribution is 2.40. The van der Waals surface area contributed by atoms with Crippen LogP contribution >= 0.6 is 38.5 Å². The average molecular weight is 473 g/mol. The lowest BCUT2D eigenvalue weighted by Gasteiger charge is -2.31. The largest absolute Gasteiger partial charge is 0.737 e. The van der Waals surface area contributed by atoms with Gasteiger partial charge in [0.05, 0.1) is 5.57 Å². The molecule has 0 saturated carbocycles. The summed E-state index contributed by atoms with van der Waals surface area (Å²) in [5, 5.41) is 0. The third-order valence-electron chi connectivity index (χ3n) is 3.94. The topological polar surface area (TPSA) is 7.94 Å². The maximum absolute atomic E-state index is 14.7. The van der Waals surface area contributed by atoms with E-state index in [1.165, 1.54) is 12.4 Å². The normalized spacial score (nSPS) is 18.3. The molecule has 0 atom stereocenters. The van der Waals surface area contributed by atoms with Gasteiger partial charge in [-0.2, -0.15) is 0 Å². The van der Waals surface area contributed by atoms with Crippen LogP contribution in [0.5, 0.6) is 0 Å². The van der Waals surface area contributed by atoms with Crippen LogP contribution in [0.3, 0.4) is 0 Å². The van der Waals surface area contributed by atoms with Crippen molar-refractivity contribution in [1.29, 1.82) is 0 Å². The number of benzene rings is 1. The fourth-order valence-corrected chi connectivity index (χ4v) is 4.48. The van der Waals surface area contributed by atoms with Crippen LogP contribution in [-0.4, -0.2) is 22.1 Å². The summed E-state index contributed by atoms with van der Waals surface area (Å²) in [6.07, 6.45) is 6.29. The molecule has 4 rings (SSSR count). The molecule has 3 heterocycles. The van der Waals surface area contributed by atoms with E-state index in [9.17, 15) is 8.63 Å². The third-order valence-corrected chi connectivity index (χ3v) is 5.27. The van der Waals surface area contributed by atoms with Crippen LogP contribution < -0.4 is 0 Å². The second-order valence-corrected chi connectivity index (χ2v) is 7.29. The van der Waals surface area contributed by atoms with Crippen LogP contribution in [0.25, 0.3) is 5.57 Å². The molecule has 1 aromatic heterocycles. The van der Waals surface area contributed by atoms with E-state index >= 15 is 0 Å². The molecule has 0 amide bonds. The number of halogens is 4. The van der Waals surface area contributed by atoms with Crippen molar-refractivity contribution in [2.75, 3.05) is 0 Å². The van der Waals surface area contributed by atoms with Crippen molar-refractivity contribution in [2.45, 2.75) is 0 Å². The lowest BCUT2D eigenvalue weighted by Crippen LogP contribution is -2.49. The molecule has 7 heteroatoms. The summed E-state index contributed by atoms with van der Waals surface area (Å²) in [4.78, 5) is 0. The minimum absolute atomic E-state index is 0.540. The Kier molecular flexibility index (Phi) is 3.20. The zero-order valence-electron chi connectivity index (χ0n) is 11.2. The molecule has 0 N–H and O–H groups in total. The van der Waals surface area contributed by atoms with Crippen LogP contribution in [0.4, 0.5) is 8.63 Å². The minimum atomic E-state index is -3.84. The molecular weight excluding hydrogens is 464 g/mol. The predicted octanol–water partition coefficient (Wildman–Crippen LogP) is 4.50.